The van der Waals surface area contributed by atoms with E-state index in [1.165, 1.54) is 12.1 Å². The molecule has 0 unspecified atom stereocenters. The van der Waals surface area contributed by atoms with E-state index in [0.29, 0.717) is 6.54 Å². The third-order valence-electron chi connectivity index (χ3n) is 3.31. The van der Waals surface area contributed by atoms with E-state index >= 15 is 0 Å². The predicted molar refractivity (Wildman–Crippen MR) is 101 cm³/mol. The largest absolute Gasteiger partial charge is 0.497 e. The van der Waals surface area contributed by atoms with Gasteiger partial charge in [-0.1, -0.05) is 23.7 Å². The number of nitrogens with zero attached hydrogens (tertiary/aromatic N) is 1. The maximum Gasteiger partial charge on any atom is 0.271 e. The number of hydrogen-bond donors (Lipinski definition) is 3. The molecule has 136 valence electrons. The Hall–Kier alpha value is -2.91. The molecule has 1 amide bonds. The fourth-order valence-electron chi connectivity index (χ4n) is 1.95. The minimum Gasteiger partial charge on any atom is -0.497 e. The Kier molecular flexibility index (Phi) is 6.70. The van der Waals surface area contributed by atoms with Gasteiger partial charge in [0, 0.05) is 18.7 Å². The van der Waals surface area contributed by atoms with Gasteiger partial charge in [0.25, 0.3) is 11.6 Å². The molecule has 8 nitrogen and oxygen atoms in total. The molecule has 2 aromatic rings. The number of nitro benzene ring substituents is 1. The number of methoxy groups -OCH3 is 1. The molecule has 0 aliphatic heterocycles. The van der Waals surface area contributed by atoms with Crippen LogP contribution in [0.4, 0.5) is 5.69 Å². The van der Waals surface area contributed by atoms with Crippen LogP contribution in [0.5, 0.6) is 5.75 Å². The molecular formula is C16H15ClN4O4S. The Bertz CT molecular complexity index is 829. The van der Waals surface area contributed by atoms with Gasteiger partial charge in [-0.2, -0.15) is 0 Å². The molecule has 0 aliphatic rings. The summed E-state index contributed by atoms with van der Waals surface area (Å²) in [6, 6.07) is 11.0. The highest BCUT2D eigenvalue weighted by Crippen LogP contribution is 2.21. The van der Waals surface area contributed by atoms with Crippen LogP contribution in [0.3, 0.4) is 0 Å². The van der Waals surface area contributed by atoms with Crippen molar-refractivity contribution in [3.63, 3.8) is 0 Å². The lowest BCUT2D eigenvalue weighted by Crippen LogP contribution is -2.46. The summed E-state index contributed by atoms with van der Waals surface area (Å²) in [7, 11) is 1.59. The minimum atomic E-state index is -0.646. The van der Waals surface area contributed by atoms with Gasteiger partial charge in [0.1, 0.15) is 5.75 Å². The van der Waals surface area contributed by atoms with Gasteiger partial charge >= 0.3 is 0 Å². The molecule has 0 fully saturated rings. The Balaban J connectivity index is 1.87. The molecule has 0 radical (unpaired) electrons. The number of nitro groups is 1. The molecule has 0 spiro atoms. The summed E-state index contributed by atoms with van der Waals surface area (Å²) in [5.41, 5.74) is 5.55. The van der Waals surface area contributed by atoms with Crippen LogP contribution in [0.2, 0.25) is 5.02 Å². The van der Waals surface area contributed by atoms with Crippen LogP contribution >= 0.6 is 23.8 Å². The van der Waals surface area contributed by atoms with Crippen molar-refractivity contribution in [3.8, 4) is 5.75 Å². The van der Waals surface area contributed by atoms with Crippen molar-refractivity contribution in [1.82, 2.24) is 16.2 Å². The van der Waals surface area contributed by atoms with Gasteiger partial charge in [0.2, 0.25) is 0 Å². The lowest BCUT2D eigenvalue weighted by molar-refractivity contribution is -0.384. The summed E-state index contributed by atoms with van der Waals surface area (Å²) < 4.78 is 5.08. The molecule has 2 rings (SSSR count). The monoisotopic (exact) mass is 394 g/mol. The zero-order valence-corrected chi connectivity index (χ0v) is 15.2. The summed E-state index contributed by atoms with van der Waals surface area (Å²) in [5.74, 6) is 0.0999. The molecule has 3 N–H and O–H groups in total. The first-order chi connectivity index (χ1) is 12.4. The van der Waals surface area contributed by atoms with Crippen molar-refractivity contribution in [2.75, 3.05) is 7.11 Å². The third kappa shape index (κ3) is 5.30. The summed E-state index contributed by atoms with van der Waals surface area (Å²) >= 11 is 11.0. The number of amides is 1. The molecule has 26 heavy (non-hydrogen) atoms. The van der Waals surface area contributed by atoms with Crippen LogP contribution in [-0.4, -0.2) is 23.1 Å². The fourth-order valence-corrected chi connectivity index (χ4v) is 2.28. The standard InChI is InChI=1S/C16H15ClN4O4S/c1-25-12-5-2-10(3-6-12)9-18-16(26)20-19-15(22)13-8-11(21(23)24)4-7-14(13)17/h2-8H,9H2,1H3,(H,19,22)(H2,18,20,26). The number of hydrazine groups is 1. The highest BCUT2D eigenvalue weighted by atomic mass is 35.5. The SMILES string of the molecule is COc1ccc(CNC(=S)NNC(=O)c2cc([N+](=O)[O-])ccc2Cl)cc1. The first kappa shape index (κ1) is 19.4. The lowest BCUT2D eigenvalue weighted by Gasteiger charge is -2.12. The van der Waals surface area contributed by atoms with E-state index in [4.69, 9.17) is 28.6 Å². The quantitative estimate of drug-likeness (QED) is 0.406. The van der Waals surface area contributed by atoms with Crippen LogP contribution in [0.1, 0.15) is 15.9 Å². The molecule has 0 aliphatic carbocycles. The Morgan fingerprint density at radius 1 is 1.23 bits per heavy atom. The molecule has 0 atom stereocenters. The van der Waals surface area contributed by atoms with Crippen LogP contribution in [0, 0.1) is 10.1 Å². The van der Waals surface area contributed by atoms with Crippen molar-refractivity contribution in [1.29, 1.82) is 0 Å². The molecule has 10 heteroatoms. The van der Waals surface area contributed by atoms with E-state index in [-0.39, 0.29) is 21.4 Å². The number of non-ortho nitro benzene ring substituents is 1. The summed E-state index contributed by atoms with van der Waals surface area (Å²) in [6.45, 7) is 0.434. The molecule has 0 saturated heterocycles. The average molecular weight is 395 g/mol. The number of carbonyl (C=O) groups excluding carboxylic acids is 1. The van der Waals surface area contributed by atoms with Gasteiger partial charge < -0.3 is 10.1 Å². The second-order valence-electron chi connectivity index (χ2n) is 5.03. The number of nitrogens with one attached hydrogen (secondary N) is 3. The Morgan fingerprint density at radius 2 is 1.92 bits per heavy atom. The fraction of sp³-hybridized carbons (Fsp3) is 0.125. The third-order valence-corrected chi connectivity index (χ3v) is 3.88. The highest BCUT2D eigenvalue weighted by molar-refractivity contribution is 7.80. The van der Waals surface area contributed by atoms with Crippen molar-refractivity contribution >= 4 is 40.5 Å². The number of hydrogen-bond acceptors (Lipinski definition) is 5. The van der Waals surface area contributed by atoms with E-state index in [9.17, 15) is 14.9 Å². The maximum absolute atomic E-state index is 12.1. The van der Waals surface area contributed by atoms with Crippen LogP contribution in [-0.2, 0) is 6.54 Å². The summed E-state index contributed by atoms with van der Waals surface area (Å²) in [6.07, 6.45) is 0. The number of rotatable bonds is 5. The molecule has 0 bridgehead atoms. The maximum atomic E-state index is 12.1. The zero-order chi connectivity index (χ0) is 19.1. The summed E-state index contributed by atoms with van der Waals surface area (Å²) in [5, 5.41) is 14.0. The smallest absolute Gasteiger partial charge is 0.271 e. The van der Waals surface area contributed by atoms with E-state index in [0.717, 1.165) is 17.4 Å². The van der Waals surface area contributed by atoms with Gasteiger partial charge in [0.15, 0.2) is 5.11 Å². The van der Waals surface area contributed by atoms with Gasteiger partial charge in [-0.05, 0) is 36.0 Å². The second-order valence-corrected chi connectivity index (χ2v) is 5.85. The molecule has 2 aromatic carbocycles. The molecule has 0 aromatic heterocycles. The Morgan fingerprint density at radius 3 is 2.54 bits per heavy atom. The van der Waals surface area contributed by atoms with Crippen molar-refractivity contribution in [2.24, 2.45) is 0 Å². The van der Waals surface area contributed by atoms with E-state index in [2.05, 4.69) is 16.2 Å². The van der Waals surface area contributed by atoms with Crippen molar-refractivity contribution in [2.45, 2.75) is 6.54 Å². The zero-order valence-electron chi connectivity index (χ0n) is 13.6. The summed E-state index contributed by atoms with van der Waals surface area (Å²) in [4.78, 5) is 22.3. The van der Waals surface area contributed by atoms with Crippen LogP contribution < -0.4 is 20.9 Å². The highest BCUT2D eigenvalue weighted by Gasteiger charge is 2.15. The topological polar surface area (TPSA) is 106 Å². The van der Waals surface area contributed by atoms with Gasteiger partial charge in [-0.3, -0.25) is 25.8 Å². The van der Waals surface area contributed by atoms with E-state index in [1.54, 1.807) is 7.11 Å². The Labute approximate surface area is 159 Å². The first-order valence-electron chi connectivity index (χ1n) is 7.31. The molecule has 0 saturated carbocycles. The lowest BCUT2D eigenvalue weighted by atomic mass is 10.2. The normalized spacial score (nSPS) is 9.92. The minimum absolute atomic E-state index is 0.0358. The van der Waals surface area contributed by atoms with E-state index in [1.807, 2.05) is 24.3 Å². The molecular weight excluding hydrogens is 380 g/mol. The van der Waals surface area contributed by atoms with E-state index < -0.39 is 10.8 Å². The number of benzene rings is 2. The van der Waals surface area contributed by atoms with Crippen LogP contribution in [0.15, 0.2) is 42.5 Å². The van der Waals surface area contributed by atoms with Gasteiger partial charge in [-0.25, -0.2) is 0 Å². The number of carbonyl (C=O) groups is 1. The van der Waals surface area contributed by atoms with Crippen LogP contribution in [0.25, 0.3) is 0 Å². The van der Waals surface area contributed by atoms with Gasteiger partial charge in [0.05, 0.1) is 22.6 Å². The first-order valence-corrected chi connectivity index (χ1v) is 8.10. The van der Waals surface area contributed by atoms with Gasteiger partial charge in [-0.15, -0.1) is 0 Å². The average Bonchev–Trinajstić information content (AvgIpc) is 2.65. The second kappa shape index (κ2) is 8.97. The van der Waals surface area contributed by atoms with Crippen molar-refractivity contribution < 1.29 is 14.5 Å². The predicted octanol–water partition coefficient (Wildman–Crippen LogP) is 2.57. The molecule has 0 heterocycles. The van der Waals surface area contributed by atoms with Crippen molar-refractivity contribution in [3.05, 3.63) is 68.7 Å². The number of ether oxygens (including phenoxy) is 1. The number of thiocarbonyl (C=S) groups is 1. The number of halogens is 1.